The van der Waals surface area contributed by atoms with Crippen LogP contribution in [0.25, 0.3) is 0 Å². The summed E-state index contributed by atoms with van der Waals surface area (Å²) < 4.78 is 15.0. The van der Waals surface area contributed by atoms with E-state index in [9.17, 15) is 24.0 Å². The van der Waals surface area contributed by atoms with Gasteiger partial charge in [-0.2, -0.15) is 0 Å². The summed E-state index contributed by atoms with van der Waals surface area (Å²) in [6.07, 6.45) is -0.666. The van der Waals surface area contributed by atoms with Gasteiger partial charge in [0.15, 0.2) is 0 Å². The van der Waals surface area contributed by atoms with Crippen molar-refractivity contribution in [3.8, 4) is 5.75 Å². The second-order valence-electron chi connectivity index (χ2n) is 9.43. The Morgan fingerprint density at radius 2 is 1.37 bits per heavy atom. The number of carbonyl (C=O) groups is 5. The first-order valence-electron chi connectivity index (χ1n) is 13.0. The number of hydrogen-bond donors (Lipinski definition) is 3. The van der Waals surface area contributed by atoms with Crippen LogP contribution in [0.15, 0.2) is 54.6 Å². The van der Waals surface area contributed by atoms with E-state index in [4.69, 9.17) is 9.47 Å². The van der Waals surface area contributed by atoms with Gasteiger partial charge in [0, 0.05) is 13.5 Å². The lowest BCUT2D eigenvalue weighted by molar-refractivity contribution is -0.146. The van der Waals surface area contributed by atoms with E-state index in [0.717, 1.165) is 11.1 Å². The highest BCUT2D eigenvalue weighted by Gasteiger charge is 2.32. The number of nitrogens with zero attached hydrogens (tertiary/aromatic N) is 1. The summed E-state index contributed by atoms with van der Waals surface area (Å²) in [6, 6.07) is 12.0. The molecule has 0 aliphatic carbocycles. The third-order valence-electron chi connectivity index (χ3n) is 6.29. The Morgan fingerprint density at radius 1 is 0.756 bits per heavy atom. The molecule has 0 unspecified atom stereocenters. The molecular formula is C29H38N4O8. The van der Waals surface area contributed by atoms with Crippen molar-refractivity contribution in [1.29, 1.82) is 0 Å². The molecule has 0 aromatic heterocycles. The van der Waals surface area contributed by atoms with Crippen LogP contribution in [-0.4, -0.2) is 80.1 Å². The quantitative estimate of drug-likeness (QED) is 0.307. The SMILES string of the molecule is COC(=O)[C@H](C)NC(=O)[C@H](Cc1ccc(OC)cc1)N(C)C(=O)[C@H](C)NC(=O)[C@@H](C)NC(=O)OCc1ccccc1. The molecule has 4 atom stereocenters. The number of amides is 4. The molecule has 2 aromatic rings. The fourth-order valence-corrected chi connectivity index (χ4v) is 3.80. The molecule has 0 saturated heterocycles. The number of nitrogens with one attached hydrogen (secondary N) is 3. The van der Waals surface area contributed by atoms with Crippen molar-refractivity contribution in [2.75, 3.05) is 21.3 Å². The van der Waals surface area contributed by atoms with Crippen LogP contribution in [0.4, 0.5) is 4.79 Å². The second-order valence-corrected chi connectivity index (χ2v) is 9.43. The maximum atomic E-state index is 13.3. The summed E-state index contributed by atoms with van der Waals surface area (Å²) in [6.45, 7) is 4.43. The van der Waals surface area contributed by atoms with Gasteiger partial charge in [-0.3, -0.25) is 14.4 Å². The molecule has 0 bridgehead atoms. The van der Waals surface area contributed by atoms with E-state index in [0.29, 0.717) is 5.75 Å². The van der Waals surface area contributed by atoms with Crippen molar-refractivity contribution < 1.29 is 38.2 Å². The largest absolute Gasteiger partial charge is 0.497 e. The molecule has 41 heavy (non-hydrogen) atoms. The van der Waals surface area contributed by atoms with Gasteiger partial charge in [0.25, 0.3) is 0 Å². The van der Waals surface area contributed by atoms with Crippen LogP contribution in [-0.2, 0) is 41.7 Å². The third kappa shape index (κ3) is 10.1. The van der Waals surface area contributed by atoms with E-state index >= 15 is 0 Å². The number of methoxy groups -OCH3 is 2. The molecule has 0 heterocycles. The summed E-state index contributed by atoms with van der Waals surface area (Å²) in [7, 11) is 4.18. The van der Waals surface area contributed by atoms with E-state index in [1.807, 2.05) is 18.2 Å². The maximum absolute atomic E-state index is 13.3. The highest BCUT2D eigenvalue weighted by molar-refractivity contribution is 5.94. The van der Waals surface area contributed by atoms with Gasteiger partial charge in [-0.1, -0.05) is 42.5 Å². The fourth-order valence-electron chi connectivity index (χ4n) is 3.80. The van der Waals surface area contributed by atoms with Crippen molar-refractivity contribution >= 4 is 29.8 Å². The van der Waals surface area contributed by atoms with E-state index in [-0.39, 0.29) is 13.0 Å². The first-order chi connectivity index (χ1) is 19.5. The first-order valence-corrected chi connectivity index (χ1v) is 13.0. The van der Waals surface area contributed by atoms with Gasteiger partial charge in [-0.25, -0.2) is 9.59 Å². The Morgan fingerprint density at radius 3 is 1.95 bits per heavy atom. The maximum Gasteiger partial charge on any atom is 0.408 e. The molecule has 12 heteroatoms. The molecule has 0 fully saturated rings. The first kappa shape index (κ1) is 32.6. The number of alkyl carbamates (subject to hydrolysis) is 1. The van der Waals surface area contributed by atoms with Crippen LogP contribution in [0.1, 0.15) is 31.9 Å². The van der Waals surface area contributed by atoms with E-state index in [1.165, 1.54) is 46.9 Å². The summed E-state index contributed by atoms with van der Waals surface area (Å²) in [5.74, 6) is -1.77. The van der Waals surface area contributed by atoms with Gasteiger partial charge in [-0.05, 0) is 44.0 Å². The molecule has 12 nitrogen and oxygen atoms in total. The van der Waals surface area contributed by atoms with Gasteiger partial charge in [-0.15, -0.1) is 0 Å². The van der Waals surface area contributed by atoms with Gasteiger partial charge >= 0.3 is 12.1 Å². The molecule has 0 aliphatic heterocycles. The zero-order valence-corrected chi connectivity index (χ0v) is 24.1. The molecule has 3 N–H and O–H groups in total. The molecular weight excluding hydrogens is 532 g/mol. The average Bonchev–Trinajstić information content (AvgIpc) is 2.98. The van der Waals surface area contributed by atoms with E-state index in [2.05, 4.69) is 20.7 Å². The molecule has 2 aromatic carbocycles. The average molecular weight is 571 g/mol. The fraction of sp³-hybridized carbons (Fsp3) is 0.414. The van der Waals surface area contributed by atoms with Gasteiger partial charge < -0.3 is 35.1 Å². The Bertz CT molecular complexity index is 1190. The normalized spacial score (nSPS) is 13.4. The lowest BCUT2D eigenvalue weighted by atomic mass is 10.0. The van der Waals surface area contributed by atoms with Crippen LogP contribution < -0.4 is 20.7 Å². The number of esters is 1. The topological polar surface area (TPSA) is 152 Å². The van der Waals surface area contributed by atoms with Gasteiger partial charge in [0.1, 0.15) is 36.5 Å². The number of benzene rings is 2. The predicted molar refractivity (Wildman–Crippen MR) is 150 cm³/mol. The zero-order chi connectivity index (χ0) is 30.5. The lowest BCUT2D eigenvalue weighted by Crippen LogP contribution is -2.57. The summed E-state index contributed by atoms with van der Waals surface area (Å²) in [5, 5.41) is 7.56. The van der Waals surface area contributed by atoms with Crippen molar-refractivity contribution in [1.82, 2.24) is 20.9 Å². The highest BCUT2D eigenvalue weighted by Crippen LogP contribution is 2.15. The van der Waals surface area contributed by atoms with Crippen LogP contribution in [0.3, 0.4) is 0 Å². The molecule has 0 saturated carbocycles. The lowest BCUT2D eigenvalue weighted by Gasteiger charge is -2.31. The Hall–Kier alpha value is -4.61. The molecule has 4 amide bonds. The second kappa shape index (κ2) is 15.8. The molecule has 0 aliphatic rings. The number of carbonyl (C=O) groups excluding carboxylic acids is 5. The van der Waals surface area contributed by atoms with Crippen LogP contribution in [0.2, 0.25) is 0 Å². The molecule has 222 valence electrons. The van der Waals surface area contributed by atoms with E-state index in [1.54, 1.807) is 36.4 Å². The third-order valence-corrected chi connectivity index (χ3v) is 6.29. The van der Waals surface area contributed by atoms with Crippen LogP contribution in [0, 0.1) is 0 Å². The Labute approximate surface area is 239 Å². The summed E-state index contributed by atoms with van der Waals surface area (Å²) in [5.41, 5.74) is 1.52. The van der Waals surface area contributed by atoms with Gasteiger partial charge in [0.05, 0.1) is 14.2 Å². The summed E-state index contributed by atoms with van der Waals surface area (Å²) in [4.78, 5) is 64.4. The number of ether oxygens (including phenoxy) is 3. The number of hydrogen-bond acceptors (Lipinski definition) is 8. The monoisotopic (exact) mass is 570 g/mol. The smallest absolute Gasteiger partial charge is 0.408 e. The minimum absolute atomic E-state index is 0.0347. The van der Waals surface area contributed by atoms with Crippen molar-refractivity contribution in [2.45, 2.75) is 58.0 Å². The summed E-state index contributed by atoms with van der Waals surface area (Å²) >= 11 is 0. The molecule has 0 spiro atoms. The molecule has 2 rings (SSSR count). The Balaban J connectivity index is 2.05. The predicted octanol–water partition coefficient (Wildman–Crippen LogP) is 1.56. The van der Waals surface area contributed by atoms with Crippen molar-refractivity contribution in [3.63, 3.8) is 0 Å². The zero-order valence-electron chi connectivity index (χ0n) is 24.1. The van der Waals surface area contributed by atoms with E-state index < -0.39 is 54.0 Å². The van der Waals surface area contributed by atoms with Crippen LogP contribution >= 0.6 is 0 Å². The van der Waals surface area contributed by atoms with Gasteiger partial charge in [0.2, 0.25) is 17.7 Å². The van der Waals surface area contributed by atoms with Crippen LogP contribution in [0.5, 0.6) is 5.75 Å². The molecule has 0 radical (unpaired) electrons. The minimum Gasteiger partial charge on any atom is -0.497 e. The minimum atomic E-state index is -1.04. The number of likely N-dealkylation sites (N-methyl/N-ethyl adjacent to an activating group) is 1. The Kier molecular flexibility index (Phi) is 12.6. The van der Waals surface area contributed by atoms with Crippen molar-refractivity contribution in [3.05, 3.63) is 65.7 Å². The highest BCUT2D eigenvalue weighted by atomic mass is 16.5. The number of rotatable bonds is 13. The standard InChI is InChI=1S/C29H38N4O8/c1-18(32-29(38)41-17-22-10-8-7-9-11-22)25(34)30-19(2)27(36)33(4)24(26(35)31-20(3)28(37)40-6)16-21-12-14-23(39-5)15-13-21/h7-15,18-20,24H,16-17H2,1-6H3,(H,30,34)(H,31,35)(H,32,38)/t18-,19+,20+,24+/m1/s1. The van der Waals surface area contributed by atoms with Crippen molar-refractivity contribution in [2.24, 2.45) is 0 Å².